The fraction of sp³-hybridized carbons (Fsp3) is 0.333. The lowest BCUT2D eigenvalue weighted by Crippen LogP contribution is -2.39. The van der Waals surface area contributed by atoms with Crippen molar-refractivity contribution in [3.05, 3.63) is 52.8 Å². The molecule has 0 spiro atoms. The van der Waals surface area contributed by atoms with Gasteiger partial charge in [-0.2, -0.15) is 5.26 Å². The Morgan fingerprint density at radius 2 is 2.17 bits per heavy atom. The number of benzene rings is 1. The molecule has 0 amide bonds. The zero-order chi connectivity index (χ0) is 16.4. The summed E-state index contributed by atoms with van der Waals surface area (Å²) >= 11 is 0. The molecule has 1 atom stereocenters. The molecule has 0 unspecified atom stereocenters. The number of nitrogens with zero attached hydrogens (tertiary/aromatic N) is 3. The highest BCUT2D eigenvalue weighted by atomic mass is 16.5. The Morgan fingerprint density at radius 1 is 1.35 bits per heavy atom. The zero-order valence-corrected chi connectivity index (χ0v) is 13.3. The standard InChI is InChI=1S/C18H19N3O2/c1-12-8-17(16(10-19)13(2)20-12)21-6-7-23-18(11-21)14-4-3-5-15(22)9-14/h3-5,8-9,18,22H,6-7,11H2,1-2H3/t18-/m1/s1. The highest BCUT2D eigenvalue weighted by Gasteiger charge is 2.25. The molecule has 0 aliphatic carbocycles. The first-order chi connectivity index (χ1) is 11.1. The topological polar surface area (TPSA) is 69.4 Å². The van der Waals surface area contributed by atoms with Crippen molar-refractivity contribution in [1.29, 1.82) is 5.26 Å². The maximum Gasteiger partial charge on any atom is 0.115 e. The van der Waals surface area contributed by atoms with Gasteiger partial charge in [0.2, 0.25) is 0 Å². The number of anilines is 1. The van der Waals surface area contributed by atoms with E-state index < -0.39 is 0 Å². The molecule has 2 heterocycles. The number of hydrogen-bond acceptors (Lipinski definition) is 5. The lowest BCUT2D eigenvalue weighted by atomic mass is 10.1. The van der Waals surface area contributed by atoms with Gasteiger partial charge in [0.05, 0.1) is 23.6 Å². The van der Waals surface area contributed by atoms with Gasteiger partial charge in [-0.3, -0.25) is 4.98 Å². The van der Waals surface area contributed by atoms with Crippen LogP contribution >= 0.6 is 0 Å². The van der Waals surface area contributed by atoms with Crippen LogP contribution in [-0.2, 0) is 4.74 Å². The molecule has 23 heavy (non-hydrogen) atoms. The molecule has 0 radical (unpaired) electrons. The first-order valence-corrected chi connectivity index (χ1v) is 7.62. The summed E-state index contributed by atoms with van der Waals surface area (Å²) in [4.78, 5) is 6.54. The molecule has 1 fully saturated rings. The number of aromatic nitrogens is 1. The summed E-state index contributed by atoms with van der Waals surface area (Å²) in [7, 11) is 0. The van der Waals surface area contributed by atoms with Gasteiger partial charge >= 0.3 is 0 Å². The lowest BCUT2D eigenvalue weighted by molar-refractivity contribution is 0.0396. The Morgan fingerprint density at radius 3 is 2.91 bits per heavy atom. The maximum absolute atomic E-state index is 9.66. The Kier molecular flexibility index (Phi) is 4.18. The molecule has 1 aromatic carbocycles. The quantitative estimate of drug-likeness (QED) is 0.923. The summed E-state index contributed by atoms with van der Waals surface area (Å²) in [5.74, 6) is 0.233. The molecule has 0 saturated carbocycles. The van der Waals surface area contributed by atoms with E-state index in [1.54, 1.807) is 12.1 Å². The van der Waals surface area contributed by atoms with Crippen LogP contribution in [0.4, 0.5) is 5.69 Å². The first kappa shape index (κ1) is 15.3. The zero-order valence-electron chi connectivity index (χ0n) is 13.3. The van der Waals surface area contributed by atoms with Gasteiger partial charge in [0.25, 0.3) is 0 Å². The maximum atomic E-state index is 9.66. The molecule has 1 saturated heterocycles. The average Bonchev–Trinajstić information content (AvgIpc) is 2.54. The second-order valence-electron chi connectivity index (χ2n) is 5.76. The van der Waals surface area contributed by atoms with Crippen molar-refractivity contribution in [2.75, 3.05) is 24.6 Å². The van der Waals surface area contributed by atoms with Gasteiger partial charge in [0, 0.05) is 18.8 Å². The number of aromatic hydroxyl groups is 1. The van der Waals surface area contributed by atoms with Crippen LogP contribution in [0, 0.1) is 25.2 Å². The van der Waals surface area contributed by atoms with Gasteiger partial charge in [0.1, 0.15) is 17.9 Å². The van der Waals surface area contributed by atoms with Crippen molar-refractivity contribution in [3.63, 3.8) is 0 Å². The molecule has 1 aliphatic heterocycles. The van der Waals surface area contributed by atoms with Crippen LogP contribution in [0.3, 0.4) is 0 Å². The number of rotatable bonds is 2. The molecule has 118 valence electrons. The minimum atomic E-state index is -0.129. The smallest absolute Gasteiger partial charge is 0.115 e. The number of phenols is 1. The third-order valence-electron chi connectivity index (χ3n) is 4.07. The lowest BCUT2D eigenvalue weighted by Gasteiger charge is -2.35. The summed E-state index contributed by atoms with van der Waals surface area (Å²) in [6.45, 7) is 5.74. The van der Waals surface area contributed by atoms with E-state index in [1.165, 1.54) is 0 Å². The number of nitriles is 1. The van der Waals surface area contributed by atoms with Crippen molar-refractivity contribution in [1.82, 2.24) is 4.98 Å². The number of hydrogen-bond donors (Lipinski definition) is 1. The number of morpholine rings is 1. The monoisotopic (exact) mass is 309 g/mol. The third-order valence-corrected chi connectivity index (χ3v) is 4.07. The van der Waals surface area contributed by atoms with E-state index >= 15 is 0 Å². The van der Waals surface area contributed by atoms with Gasteiger partial charge in [-0.1, -0.05) is 12.1 Å². The van der Waals surface area contributed by atoms with Crippen LogP contribution < -0.4 is 4.90 Å². The summed E-state index contributed by atoms with van der Waals surface area (Å²) in [5, 5.41) is 19.1. The Hall–Kier alpha value is -2.58. The summed E-state index contributed by atoms with van der Waals surface area (Å²) in [5.41, 5.74) is 4.12. The number of ether oxygens (including phenoxy) is 1. The van der Waals surface area contributed by atoms with Crippen LogP contribution in [0.2, 0.25) is 0 Å². The largest absolute Gasteiger partial charge is 0.508 e. The van der Waals surface area contributed by atoms with Crippen LogP contribution in [0.5, 0.6) is 5.75 Å². The third kappa shape index (κ3) is 3.13. The molecule has 1 N–H and O–H groups in total. The molecular weight excluding hydrogens is 290 g/mol. The minimum Gasteiger partial charge on any atom is -0.508 e. The van der Waals surface area contributed by atoms with E-state index in [4.69, 9.17) is 4.74 Å². The second kappa shape index (κ2) is 6.27. The highest BCUT2D eigenvalue weighted by molar-refractivity contribution is 5.62. The molecule has 0 bridgehead atoms. The Balaban J connectivity index is 1.92. The Labute approximate surface area is 135 Å². The highest BCUT2D eigenvalue weighted by Crippen LogP contribution is 2.30. The first-order valence-electron chi connectivity index (χ1n) is 7.62. The van der Waals surface area contributed by atoms with E-state index in [2.05, 4.69) is 16.0 Å². The summed E-state index contributed by atoms with van der Waals surface area (Å²) in [6.07, 6.45) is -0.129. The molecule has 5 heteroatoms. The predicted octanol–water partition coefficient (Wildman–Crippen LogP) is 2.85. The molecule has 1 aromatic heterocycles. The summed E-state index contributed by atoms with van der Waals surface area (Å²) < 4.78 is 5.85. The van der Waals surface area contributed by atoms with E-state index in [0.29, 0.717) is 18.7 Å². The van der Waals surface area contributed by atoms with Gasteiger partial charge in [-0.05, 0) is 37.6 Å². The van der Waals surface area contributed by atoms with Crippen molar-refractivity contribution in [2.45, 2.75) is 20.0 Å². The van der Waals surface area contributed by atoms with E-state index in [0.717, 1.165) is 29.2 Å². The minimum absolute atomic E-state index is 0.129. The molecule has 2 aromatic rings. The molecule has 5 nitrogen and oxygen atoms in total. The van der Waals surface area contributed by atoms with Crippen molar-refractivity contribution in [3.8, 4) is 11.8 Å². The predicted molar refractivity (Wildman–Crippen MR) is 87.4 cm³/mol. The fourth-order valence-electron chi connectivity index (χ4n) is 2.99. The molecule has 3 rings (SSSR count). The van der Waals surface area contributed by atoms with E-state index in [1.807, 2.05) is 32.0 Å². The SMILES string of the molecule is Cc1cc(N2CCO[C@@H](c3cccc(O)c3)C2)c(C#N)c(C)n1. The van der Waals surface area contributed by atoms with Gasteiger partial charge < -0.3 is 14.7 Å². The molecular formula is C18H19N3O2. The van der Waals surface area contributed by atoms with Crippen LogP contribution in [0.1, 0.15) is 28.6 Å². The Bertz CT molecular complexity index is 767. The van der Waals surface area contributed by atoms with Gasteiger partial charge in [-0.15, -0.1) is 0 Å². The average molecular weight is 309 g/mol. The van der Waals surface area contributed by atoms with Crippen molar-refractivity contribution >= 4 is 5.69 Å². The molecule has 1 aliphatic rings. The van der Waals surface area contributed by atoms with Crippen LogP contribution in [-0.4, -0.2) is 29.8 Å². The second-order valence-corrected chi connectivity index (χ2v) is 5.76. The fourth-order valence-corrected chi connectivity index (χ4v) is 2.99. The summed E-state index contributed by atoms with van der Waals surface area (Å²) in [6, 6.07) is 11.4. The number of phenolic OH excluding ortho intramolecular Hbond substituents is 1. The van der Waals surface area contributed by atoms with Crippen LogP contribution in [0.25, 0.3) is 0 Å². The van der Waals surface area contributed by atoms with Gasteiger partial charge in [-0.25, -0.2) is 0 Å². The number of aryl methyl sites for hydroxylation is 2. The van der Waals surface area contributed by atoms with Crippen molar-refractivity contribution < 1.29 is 9.84 Å². The number of pyridine rings is 1. The van der Waals surface area contributed by atoms with Gasteiger partial charge in [0.15, 0.2) is 0 Å². The van der Waals surface area contributed by atoms with Crippen molar-refractivity contribution in [2.24, 2.45) is 0 Å². The van der Waals surface area contributed by atoms with Crippen LogP contribution in [0.15, 0.2) is 30.3 Å². The normalized spacial score (nSPS) is 17.8. The van der Waals surface area contributed by atoms with E-state index in [9.17, 15) is 10.4 Å². The van der Waals surface area contributed by atoms with E-state index in [-0.39, 0.29) is 11.9 Å².